The smallest absolute Gasteiger partial charge is 0.410 e. The molecule has 2 amide bonds. The first kappa shape index (κ1) is 31.9. The third kappa shape index (κ3) is 6.95. The van der Waals surface area contributed by atoms with Crippen LogP contribution in [0.5, 0.6) is 0 Å². The number of nitrogens with zero attached hydrogens (tertiary/aromatic N) is 1. The first-order valence-corrected chi connectivity index (χ1v) is 15.6. The molecule has 2 aromatic carbocycles. The molecule has 238 valence electrons. The Morgan fingerprint density at radius 1 is 1.00 bits per heavy atom. The fraction of sp³-hybridized carbons (Fsp3) is 0.457. The van der Waals surface area contributed by atoms with Crippen LogP contribution in [-0.2, 0) is 23.9 Å². The van der Waals surface area contributed by atoms with Crippen LogP contribution < -0.4 is 10.6 Å². The highest BCUT2D eigenvalue weighted by molar-refractivity contribution is 6.22. The second kappa shape index (κ2) is 13.3. The Kier molecular flexibility index (Phi) is 9.41. The molecule has 2 fully saturated rings. The molecule has 0 bridgehead atoms. The Labute approximate surface area is 263 Å². The SMILES string of the molecule is CC(NCCC[C@H](NC(=O)[C@@H]1CCCN1C(=O)OCC1c2ccccc2-c2ccccc21)C(=O)O)=C1C(=O)CC(C)(C)CC1=O. The van der Waals surface area contributed by atoms with E-state index >= 15 is 0 Å². The maximum Gasteiger partial charge on any atom is 0.410 e. The van der Waals surface area contributed by atoms with Crippen molar-refractivity contribution in [2.45, 2.75) is 77.3 Å². The molecular formula is C35H41N3O7. The van der Waals surface area contributed by atoms with Gasteiger partial charge in [0.2, 0.25) is 5.91 Å². The van der Waals surface area contributed by atoms with Gasteiger partial charge in [-0.3, -0.25) is 19.3 Å². The molecule has 3 N–H and O–H groups in total. The number of allylic oxidation sites excluding steroid dienone is 2. The number of carbonyl (C=O) groups is 5. The summed E-state index contributed by atoms with van der Waals surface area (Å²) in [4.78, 5) is 64.9. The van der Waals surface area contributed by atoms with E-state index in [1.54, 1.807) is 6.92 Å². The number of hydrogen-bond acceptors (Lipinski definition) is 7. The zero-order valence-electron chi connectivity index (χ0n) is 26.1. The monoisotopic (exact) mass is 615 g/mol. The molecule has 3 aliphatic rings. The summed E-state index contributed by atoms with van der Waals surface area (Å²) < 4.78 is 5.76. The molecule has 2 aromatic rings. The van der Waals surface area contributed by atoms with Crippen molar-refractivity contribution in [2.75, 3.05) is 19.7 Å². The third-order valence-corrected chi connectivity index (χ3v) is 9.01. The van der Waals surface area contributed by atoms with Gasteiger partial charge in [-0.2, -0.15) is 0 Å². The van der Waals surface area contributed by atoms with Crippen LogP contribution in [0.25, 0.3) is 11.1 Å². The molecule has 1 saturated carbocycles. The number of aliphatic carboxylic acids is 1. The molecule has 10 heteroatoms. The molecule has 5 rings (SSSR count). The number of carboxylic acid groups (broad SMARTS) is 1. The Bertz CT molecular complexity index is 1480. The standard InChI is InChI=1S/C35H41N3O7/c1-21(31-29(39)18-35(2,3)19-30(31)40)36-16-8-14-27(33(42)43)37-32(41)28-15-9-17-38(28)34(44)45-20-26-24-12-6-4-10-22(24)23-11-5-7-13-25(23)26/h4-7,10-13,26-28,36H,8-9,14-20H2,1-3H3,(H,37,41)(H,42,43)/t27-,28-/m0/s1. The van der Waals surface area contributed by atoms with Crippen molar-refractivity contribution in [1.29, 1.82) is 0 Å². The summed E-state index contributed by atoms with van der Waals surface area (Å²) in [6.45, 7) is 6.27. The van der Waals surface area contributed by atoms with Crippen LogP contribution in [0.3, 0.4) is 0 Å². The number of likely N-dealkylation sites (tertiary alicyclic amines) is 1. The topological polar surface area (TPSA) is 142 Å². The maximum absolute atomic E-state index is 13.2. The van der Waals surface area contributed by atoms with E-state index in [9.17, 15) is 29.1 Å². The Balaban J connectivity index is 1.14. The fourth-order valence-corrected chi connectivity index (χ4v) is 6.81. The third-order valence-electron chi connectivity index (χ3n) is 9.01. The average Bonchev–Trinajstić information content (AvgIpc) is 3.60. The van der Waals surface area contributed by atoms with Gasteiger partial charge in [0.15, 0.2) is 11.6 Å². The van der Waals surface area contributed by atoms with E-state index in [1.807, 2.05) is 50.2 Å². The summed E-state index contributed by atoms with van der Waals surface area (Å²) in [5.74, 6) is -2.18. The maximum atomic E-state index is 13.2. The van der Waals surface area contributed by atoms with Gasteiger partial charge in [0.25, 0.3) is 0 Å². The lowest BCUT2D eigenvalue weighted by Crippen LogP contribution is -2.51. The van der Waals surface area contributed by atoms with Gasteiger partial charge in [0, 0.05) is 37.5 Å². The van der Waals surface area contributed by atoms with Gasteiger partial charge in [-0.15, -0.1) is 0 Å². The van der Waals surface area contributed by atoms with Crippen molar-refractivity contribution in [1.82, 2.24) is 15.5 Å². The number of carbonyl (C=O) groups excluding carboxylic acids is 4. The van der Waals surface area contributed by atoms with E-state index < -0.39 is 30.1 Å². The lowest BCUT2D eigenvalue weighted by Gasteiger charge is -2.29. The number of rotatable bonds is 10. The minimum atomic E-state index is -1.18. The van der Waals surface area contributed by atoms with Gasteiger partial charge in [-0.05, 0) is 60.3 Å². The largest absolute Gasteiger partial charge is 0.480 e. The van der Waals surface area contributed by atoms with Crippen LogP contribution in [0, 0.1) is 5.41 Å². The second-order valence-corrected chi connectivity index (χ2v) is 13.0. The number of benzene rings is 2. The molecule has 2 atom stereocenters. The van der Waals surface area contributed by atoms with E-state index in [4.69, 9.17) is 4.74 Å². The number of nitrogens with one attached hydrogen (secondary N) is 2. The van der Waals surface area contributed by atoms with Gasteiger partial charge in [-0.1, -0.05) is 62.4 Å². The molecule has 2 aliphatic carbocycles. The summed E-state index contributed by atoms with van der Waals surface area (Å²) in [6.07, 6.45) is 1.52. The molecule has 1 heterocycles. The molecule has 0 unspecified atom stereocenters. The second-order valence-electron chi connectivity index (χ2n) is 13.0. The predicted molar refractivity (Wildman–Crippen MR) is 167 cm³/mol. The Morgan fingerprint density at radius 2 is 1.60 bits per heavy atom. The quantitative estimate of drug-likeness (QED) is 0.201. The molecule has 10 nitrogen and oxygen atoms in total. The molecule has 0 spiro atoms. The average molecular weight is 616 g/mol. The summed E-state index contributed by atoms with van der Waals surface area (Å²) in [7, 11) is 0. The number of carboxylic acids is 1. The van der Waals surface area contributed by atoms with Crippen LogP contribution >= 0.6 is 0 Å². The van der Waals surface area contributed by atoms with E-state index in [-0.39, 0.29) is 41.5 Å². The predicted octanol–water partition coefficient (Wildman–Crippen LogP) is 4.57. The van der Waals surface area contributed by atoms with Crippen LogP contribution in [0.2, 0.25) is 0 Å². The number of Topliss-reactive ketones (excluding diaryl/α,β-unsaturated/α-hetero) is 2. The number of amides is 2. The highest BCUT2D eigenvalue weighted by Gasteiger charge is 2.39. The zero-order chi connectivity index (χ0) is 32.3. The number of fused-ring (bicyclic) bond motifs is 3. The molecule has 0 radical (unpaired) electrons. The minimum Gasteiger partial charge on any atom is -0.480 e. The highest BCUT2D eigenvalue weighted by atomic mass is 16.6. The van der Waals surface area contributed by atoms with Crippen molar-refractivity contribution in [3.63, 3.8) is 0 Å². The van der Waals surface area contributed by atoms with Crippen LogP contribution in [0.1, 0.15) is 76.3 Å². The van der Waals surface area contributed by atoms with Gasteiger partial charge in [0.1, 0.15) is 18.7 Å². The summed E-state index contributed by atoms with van der Waals surface area (Å²) in [5.41, 5.74) is 4.74. The van der Waals surface area contributed by atoms with Crippen LogP contribution in [0.4, 0.5) is 4.79 Å². The van der Waals surface area contributed by atoms with E-state index in [0.29, 0.717) is 50.9 Å². The summed E-state index contributed by atoms with van der Waals surface area (Å²) in [5, 5.41) is 15.5. The zero-order valence-corrected chi connectivity index (χ0v) is 26.1. The van der Waals surface area contributed by atoms with Crippen LogP contribution in [-0.4, -0.2) is 71.3 Å². The lowest BCUT2D eigenvalue weighted by atomic mass is 9.73. The first-order valence-electron chi connectivity index (χ1n) is 15.6. The number of ether oxygens (including phenoxy) is 1. The van der Waals surface area contributed by atoms with E-state index in [0.717, 1.165) is 22.3 Å². The molecule has 1 aliphatic heterocycles. The van der Waals surface area contributed by atoms with Crippen molar-refractivity contribution >= 4 is 29.5 Å². The number of ketones is 2. The Morgan fingerprint density at radius 3 is 2.20 bits per heavy atom. The number of hydrogen-bond donors (Lipinski definition) is 3. The first-order chi connectivity index (χ1) is 21.5. The normalized spacial score (nSPS) is 19.5. The summed E-state index contributed by atoms with van der Waals surface area (Å²) in [6, 6.07) is 14.1. The lowest BCUT2D eigenvalue weighted by molar-refractivity contribution is -0.142. The highest BCUT2D eigenvalue weighted by Crippen LogP contribution is 2.44. The van der Waals surface area contributed by atoms with E-state index in [2.05, 4.69) is 22.8 Å². The molecule has 1 saturated heterocycles. The van der Waals surface area contributed by atoms with Crippen molar-refractivity contribution in [2.24, 2.45) is 5.41 Å². The van der Waals surface area contributed by atoms with E-state index in [1.165, 1.54) is 4.90 Å². The Hall–Kier alpha value is -4.47. The van der Waals surface area contributed by atoms with Gasteiger partial charge >= 0.3 is 12.1 Å². The fourth-order valence-electron chi connectivity index (χ4n) is 6.81. The van der Waals surface area contributed by atoms with Gasteiger partial charge in [0.05, 0.1) is 5.57 Å². The molecule has 45 heavy (non-hydrogen) atoms. The molecular weight excluding hydrogens is 574 g/mol. The van der Waals surface area contributed by atoms with Crippen molar-refractivity contribution in [3.05, 3.63) is 70.9 Å². The van der Waals surface area contributed by atoms with Gasteiger partial charge in [-0.25, -0.2) is 9.59 Å². The minimum absolute atomic E-state index is 0.110. The van der Waals surface area contributed by atoms with Crippen LogP contribution in [0.15, 0.2) is 59.8 Å². The molecule has 0 aromatic heterocycles. The van der Waals surface area contributed by atoms with Gasteiger partial charge < -0.3 is 20.5 Å². The van der Waals surface area contributed by atoms with Crippen molar-refractivity contribution in [3.8, 4) is 11.1 Å². The van der Waals surface area contributed by atoms with Crippen molar-refractivity contribution < 1.29 is 33.8 Å². The summed E-state index contributed by atoms with van der Waals surface area (Å²) >= 11 is 0.